The van der Waals surface area contributed by atoms with Gasteiger partial charge in [0.25, 0.3) is 0 Å². The number of hydrogen-bond donors (Lipinski definition) is 2. The van der Waals surface area contributed by atoms with Gasteiger partial charge in [-0.1, -0.05) is 13.8 Å². The second-order valence-electron chi connectivity index (χ2n) is 6.63. The Balaban J connectivity index is 2.16. The molecule has 1 fully saturated rings. The molecule has 21 heavy (non-hydrogen) atoms. The van der Waals surface area contributed by atoms with Gasteiger partial charge in [0, 0.05) is 0 Å². The molecule has 7 nitrogen and oxygen atoms in total. The first-order chi connectivity index (χ1) is 9.72. The third kappa shape index (κ3) is 2.31. The van der Waals surface area contributed by atoms with Gasteiger partial charge in [-0.25, -0.2) is 13.1 Å². The molecule has 0 spiro atoms. The summed E-state index contributed by atoms with van der Waals surface area (Å²) < 4.78 is 25.5. The summed E-state index contributed by atoms with van der Waals surface area (Å²) in [4.78, 5) is 0. The van der Waals surface area contributed by atoms with Crippen LogP contribution in [0.5, 0.6) is 0 Å². The van der Waals surface area contributed by atoms with Gasteiger partial charge in [-0.15, -0.1) is 0 Å². The van der Waals surface area contributed by atoms with Crippen LogP contribution in [0.2, 0.25) is 0 Å². The van der Waals surface area contributed by atoms with Crippen LogP contribution in [0.4, 0.5) is 5.82 Å². The van der Waals surface area contributed by atoms with Crippen molar-refractivity contribution in [2.75, 3.05) is 17.2 Å². The van der Waals surface area contributed by atoms with Gasteiger partial charge in [-0.05, 0) is 25.7 Å². The first-order valence-electron chi connectivity index (χ1n) is 7.14. The number of aromatic amines is 1. The molecule has 0 aromatic carbocycles. The Hall–Kier alpha value is -1.57. The summed E-state index contributed by atoms with van der Waals surface area (Å²) in [5, 5.41) is 12.5. The standard InChI is InChI=1S/C13H21N5O2S/c1-8(2)6-9-10-11(14)15-16-12(10)18(17-9)13(3)4-5-21(19,20)7-13/h8H,4-7H2,1-3H3,(H3,14,15,16). The second kappa shape index (κ2) is 4.46. The van der Waals surface area contributed by atoms with Crippen LogP contribution in [0.3, 0.4) is 0 Å². The minimum atomic E-state index is -3.01. The summed E-state index contributed by atoms with van der Waals surface area (Å²) in [5.41, 5.74) is 6.97. The molecule has 8 heteroatoms. The smallest absolute Gasteiger partial charge is 0.182 e. The third-order valence-electron chi connectivity index (χ3n) is 4.08. The average molecular weight is 311 g/mol. The molecule has 1 aliphatic heterocycles. The Morgan fingerprint density at radius 3 is 2.76 bits per heavy atom. The summed E-state index contributed by atoms with van der Waals surface area (Å²) in [6.45, 7) is 6.15. The predicted octanol–water partition coefficient (Wildman–Crippen LogP) is 1.07. The number of nitrogens with one attached hydrogen (secondary N) is 1. The highest BCUT2D eigenvalue weighted by Gasteiger charge is 2.42. The van der Waals surface area contributed by atoms with E-state index in [1.165, 1.54) is 0 Å². The number of aromatic nitrogens is 4. The minimum Gasteiger partial charge on any atom is -0.383 e. The molecule has 1 unspecified atom stereocenters. The molecule has 1 atom stereocenters. The van der Waals surface area contributed by atoms with Gasteiger partial charge < -0.3 is 5.73 Å². The van der Waals surface area contributed by atoms with E-state index in [1.54, 1.807) is 4.68 Å². The molecule has 0 bridgehead atoms. The van der Waals surface area contributed by atoms with E-state index in [-0.39, 0.29) is 11.5 Å². The largest absolute Gasteiger partial charge is 0.383 e. The topological polar surface area (TPSA) is 107 Å². The highest BCUT2D eigenvalue weighted by Crippen LogP contribution is 2.35. The maximum Gasteiger partial charge on any atom is 0.182 e. The molecule has 0 saturated carbocycles. The fourth-order valence-electron chi connectivity index (χ4n) is 3.07. The van der Waals surface area contributed by atoms with Crippen LogP contribution in [-0.4, -0.2) is 39.9 Å². The highest BCUT2D eigenvalue weighted by molar-refractivity contribution is 7.91. The van der Waals surface area contributed by atoms with E-state index in [2.05, 4.69) is 29.1 Å². The fourth-order valence-corrected chi connectivity index (χ4v) is 5.18. The monoisotopic (exact) mass is 311 g/mol. The quantitative estimate of drug-likeness (QED) is 0.882. The SMILES string of the molecule is CC(C)Cc1nn(C2(C)CCS(=O)(=O)C2)c2n[nH]c(N)c12. The molecule has 3 N–H and O–H groups in total. The Kier molecular flexibility index (Phi) is 3.05. The summed E-state index contributed by atoms with van der Waals surface area (Å²) in [5.74, 6) is 1.23. The van der Waals surface area contributed by atoms with Crippen molar-refractivity contribution in [1.82, 2.24) is 20.0 Å². The molecule has 1 aliphatic rings. The average Bonchev–Trinajstić information content (AvgIpc) is 2.96. The zero-order chi connectivity index (χ0) is 15.4. The van der Waals surface area contributed by atoms with Crippen molar-refractivity contribution in [3.05, 3.63) is 5.69 Å². The lowest BCUT2D eigenvalue weighted by Crippen LogP contribution is -2.32. The summed E-state index contributed by atoms with van der Waals surface area (Å²) in [7, 11) is -3.01. The number of hydrogen-bond acceptors (Lipinski definition) is 5. The number of nitrogen functional groups attached to an aromatic ring is 1. The van der Waals surface area contributed by atoms with Gasteiger partial charge in [-0.3, -0.25) is 5.10 Å². The molecule has 2 aromatic rings. The minimum absolute atomic E-state index is 0.102. The maximum atomic E-state index is 11.9. The van der Waals surface area contributed by atoms with Gasteiger partial charge >= 0.3 is 0 Å². The van der Waals surface area contributed by atoms with Crippen LogP contribution in [0, 0.1) is 5.92 Å². The lowest BCUT2D eigenvalue weighted by atomic mass is 10.0. The Morgan fingerprint density at radius 1 is 1.48 bits per heavy atom. The lowest BCUT2D eigenvalue weighted by Gasteiger charge is -2.22. The van der Waals surface area contributed by atoms with E-state index in [4.69, 9.17) is 5.73 Å². The van der Waals surface area contributed by atoms with Crippen LogP contribution in [-0.2, 0) is 21.8 Å². The molecule has 1 saturated heterocycles. The van der Waals surface area contributed by atoms with Gasteiger partial charge in [0.05, 0.1) is 28.1 Å². The van der Waals surface area contributed by atoms with E-state index >= 15 is 0 Å². The molecule has 3 heterocycles. The van der Waals surface area contributed by atoms with E-state index in [0.717, 1.165) is 17.5 Å². The lowest BCUT2D eigenvalue weighted by molar-refractivity contribution is 0.334. The first-order valence-corrected chi connectivity index (χ1v) is 8.96. The van der Waals surface area contributed by atoms with Crippen molar-refractivity contribution in [1.29, 1.82) is 0 Å². The van der Waals surface area contributed by atoms with Crippen molar-refractivity contribution in [3.63, 3.8) is 0 Å². The summed E-state index contributed by atoms with van der Waals surface area (Å²) in [6, 6.07) is 0. The normalized spacial score (nSPS) is 25.1. The molecule has 0 radical (unpaired) electrons. The molecule has 3 rings (SSSR count). The van der Waals surface area contributed by atoms with Gasteiger partial charge in [0.1, 0.15) is 5.82 Å². The molecule has 0 amide bonds. The highest BCUT2D eigenvalue weighted by atomic mass is 32.2. The van der Waals surface area contributed by atoms with Crippen LogP contribution in [0.1, 0.15) is 32.9 Å². The van der Waals surface area contributed by atoms with Crippen LogP contribution in [0.25, 0.3) is 11.0 Å². The molecular weight excluding hydrogens is 290 g/mol. The number of anilines is 1. The zero-order valence-electron chi connectivity index (χ0n) is 12.5. The number of fused-ring (bicyclic) bond motifs is 1. The van der Waals surface area contributed by atoms with E-state index in [1.807, 2.05) is 6.92 Å². The molecule has 0 aliphatic carbocycles. The van der Waals surface area contributed by atoms with Gasteiger partial charge in [-0.2, -0.15) is 10.2 Å². The van der Waals surface area contributed by atoms with E-state index < -0.39 is 15.4 Å². The Labute approximate surface area is 123 Å². The number of nitrogens with two attached hydrogens (primary N) is 1. The summed E-state index contributed by atoms with van der Waals surface area (Å²) in [6.07, 6.45) is 1.34. The Morgan fingerprint density at radius 2 is 2.19 bits per heavy atom. The van der Waals surface area contributed by atoms with Crippen LogP contribution in [0.15, 0.2) is 0 Å². The van der Waals surface area contributed by atoms with Crippen molar-refractivity contribution in [2.45, 2.75) is 39.2 Å². The van der Waals surface area contributed by atoms with E-state index in [9.17, 15) is 8.42 Å². The van der Waals surface area contributed by atoms with Crippen LogP contribution >= 0.6 is 0 Å². The van der Waals surface area contributed by atoms with Crippen molar-refractivity contribution < 1.29 is 8.42 Å². The van der Waals surface area contributed by atoms with E-state index in [0.29, 0.717) is 23.8 Å². The number of H-pyrrole nitrogens is 1. The third-order valence-corrected chi connectivity index (χ3v) is 5.97. The zero-order valence-corrected chi connectivity index (χ0v) is 13.4. The Bertz CT molecular complexity index is 789. The van der Waals surface area contributed by atoms with Gasteiger partial charge in [0.2, 0.25) is 0 Å². The molecular formula is C13H21N5O2S. The van der Waals surface area contributed by atoms with Crippen molar-refractivity contribution in [3.8, 4) is 0 Å². The molecule has 116 valence electrons. The number of sulfone groups is 1. The van der Waals surface area contributed by atoms with Crippen LogP contribution < -0.4 is 5.73 Å². The van der Waals surface area contributed by atoms with Crippen molar-refractivity contribution >= 4 is 26.7 Å². The number of nitrogens with zero attached hydrogens (tertiary/aromatic N) is 3. The fraction of sp³-hybridized carbons (Fsp3) is 0.692. The molecule has 2 aromatic heterocycles. The summed E-state index contributed by atoms with van der Waals surface area (Å²) >= 11 is 0. The van der Waals surface area contributed by atoms with Gasteiger partial charge in [0.15, 0.2) is 15.5 Å². The second-order valence-corrected chi connectivity index (χ2v) is 8.82. The number of rotatable bonds is 3. The predicted molar refractivity (Wildman–Crippen MR) is 81.8 cm³/mol. The van der Waals surface area contributed by atoms with Crippen molar-refractivity contribution in [2.24, 2.45) is 5.92 Å². The first kappa shape index (κ1) is 14.4. The maximum absolute atomic E-state index is 11.9.